The van der Waals surface area contributed by atoms with Crippen LogP contribution in [-0.4, -0.2) is 47.0 Å². The van der Waals surface area contributed by atoms with Crippen molar-refractivity contribution in [1.29, 1.82) is 0 Å². The molecule has 0 radical (unpaired) electrons. The smallest absolute Gasteiger partial charge is 0.174 e. The first kappa shape index (κ1) is 11.1. The maximum Gasteiger partial charge on any atom is 0.174 e. The zero-order chi connectivity index (χ0) is 10.4. The average Bonchev–Trinajstić information content (AvgIpc) is 2.59. The highest BCUT2D eigenvalue weighted by atomic mass is 16.5. The molecule has 6 nitrogen and oxygen atoms in total. The molecule has 0 aliphatic heterocycles. The van der Waals surface area contributed by atoms with E-state index >= 15 is 0 Å². The summed E-state index contributed by atoms with van der Waals surface area (Å²) in [6.45, 7) is 0.705. The van der Waals surface area contributed by atoms with Gasteiger partial charge >= 0.3 is 0 Å². The normalized spacial score (nSPS) is 13.1. The van der Waals surface area contributed by atoms with Gasteiger partial charge in [0.2, 0.25) is 0 Å². The number of rotatable bonds is 6. The Morgan fingerprint density at radius 1 is 1.57 bits per heavy atom. The van der Waals surface area contributed by atoms with Gasteiger partial charge in [0.25, 0.3) is 0 Å². The number of tetrazole rings is 1. The summed E-state index contributed by atoms with van der Waals surface area (Å²) in [5.74, 6) is 0.781. The van der Waals surface area contributed by atoms with E-state index in [1.54, 1.807) is 14.2 Å². The van der Waals surface area contributed by atoms with Crippen LogP contribution < -0.4 is 5.32 Å². The van der Waals surface area contributed by atoms with Gasteiger partial charge in [0, 0.05) is 19.6 Å². The molecule has 1 atom stereocenters. The molecule has 0 saturated heterocycles. The Morgan fingerprint density at radius 3 is 2.86 bits per heavy atom. The standard InChI is InChI=1S/C8H17N5O/c1-9-7(6-14-3)4-5-8-10-12-13(2)11-8/h7,9H,4-6H2,1-3H3. The summed E-state index contributed by atoms with van der Waals surface area (Å²) in [4.78, 5) is 1.47. The summed E-state index contributed by atoms with van der Waals surface area (Å²) in [7, 11) is 5.39. The third-order valence-electron chi connectivity index (χ3n) is 2.04. The second kappa shape index (κ2) is 5.66. The Bertz CT molecular complexity index is 262. The Kier molecular flexibility index (Phi) is 4.48. The van der Waals surface area contributed by atoms with Crippen LogP contribution in [0.3, 0.4) is 0 Å². The topological polar surface area (TPSA) is 64.9 Å². The number of ether oxygens (including phenoxy) is 1. The maximum atomic E-state index is 5.06. The lowest BCUT2D eigenvalue weighted by atomic mass is 10.1. The predicted octanol–water partition coefficient (Wildman–Crippen LogP) is -0.623. The van der Waals surface area contributed by atoms with Crippen molar-refractivity contribution in [2.24, 2.45) is 7.05 Å². The van der Waals surface area contributed by atoms with E-state index in [1.807, 2.05) is 7.05 Å². The highest BCUT2D eigenvalue weighted by molar-refractivity contribution is 4.79. The number of aromatic nitrogens is 4. The lowest BCUT2D eigenvalue weighted by Gasteiger charge is -2.13. The molecule has 1 heterocycles. The van der Waals surface area contributed by atoms with Gasteiger partial charge in [-0.25, -0.2) is 0 Å². The fourth-order valence-corrected chi connectivity index (χ4v) is 1.24. The first-order valence-electron chi connectivity index (χ1n) is 4.65. The van der Waals surface area contributed by atoms with Crippen molar-refractivity contribution in [2.45, 2.75) is 18.9 Å². The van der Waals surface area contributed by atoms with Crippen LogP contribution in [-0.2, 0) is 18.2 Å². The number of nitrogens with one attached hydrogen (secondary N) is 1. The molecule has 0 aliphatic rings. The Hall–Kier alpha value is -1.01. The monoisotopic (exact) mass is 199 g/mol. The van der Waals surface area contributed by atoms with E-state index in [0.29, 0.717) is 12.6 Å². The van der Waals surface area contributed by atoms with Gasteiger partial charge < -0.3 is 10.1 Å². The Labute approximate surface area is 83.6 Å². The van der Waals surface area contributed by atoms with Crippen LogP contribution in [0.15, 0.2) is 0 Å². The molecule has 0 aliphatic carbocycles. The van der Waals surface area contributed by atoms with Crippen molar-refractivity contribution in [1.82, 2.24) is 25.5 Å². The van der Waals surface area contributed by atoms with E-state index in [9.17, 15) is 0 Å². The largest absolute Gasteiger partial charge is 0.383 e. The molecule has 0 spiro atoms. The van der Waals surface area contributed by atoms with Crippen LogP contribution in [0.2, 0.25) is 0 Å². The zero-order valence-electron chi connectivity index (χ0n) is 8.90. The molecular weight excluding hydrogens is 182 g/mol. The third kappa shape index (κ3) is 3.39. The molecule has 0 fully saturated rings. The van der Waals surface area contributed by atoms with Gasteiger partial charge in [-0.3, -0.25) is 0 Å². The van der Waals surface area contributed by atoms with Gasteiger partial charge in [-0.15, -0.1) is 10.2 Å². The van der Waals surface area contributed by atoms with Crippen molar-refractivity contribution < 1.29 is 4.74 Å². The van der Waals surface area contributed by atoms with Crippen LogP contribution in [0.1, 0.15) is 12.2 Å². The van der Waals surface area contributed by atoms with Gasteiger partial charge in [0.1, 0.15) is 0 Å². The molecule has 14 heavy (non-hydrogen) atoms. The molecule has 1 N–H and O–H groups in total. The second-order valence-corrected chi connectivity index (χ2v) is 3.17. The predicted molar refractivity (Wildman–Crippen MR) is 51.8 cm³/mol. The van der Waals surface area contributed by atoms with Gasteiger partial charge in [-0.1, -0.05) is 0 Å². The first-order chi connectivity index (χ1) is 6.76. The minimum atomic E-state index is 0.351. The Balaban J connectivity index is 2.31. The van der Waals surface area contributed by atoms with Crippen LogP contribution in [0.5, 0.6) is 0 Å². The van der Waals surface area contributed by atoms with E-state index in [0.717, 1.165) is 18.7 Å². The number of hydrogen-bond donors (Lipinski definition) is 1. The minimum absolute atomic E-state index is 0.351. The molecule has 1 unspecified atom stereocenters. The van der Waals surface area contributed by atoms with Crippen molar-refractivity contribution in [3.8, 4) is 0 Å². The van der Waals surface area contributed by atoms with Crippen molar-refractivity contribution in [2.75, 3.05) is 20.8 Å². The number of methoxy groups -OCH3 is 1. The van der Waals surface area contributed by atoms with Crippen molar-refractivity contribution >= 4 is 0 Å². The fourth-order valence-electron chi connectivity index (χ4n) is 1.24. The van der Waals surface area contributed by atoms with E-state index < -0.39 is 0 Å². The molecule has 1 aromatic rings. The number of nitrogens with zero attached hydrogens (tertiary/aromatic N) is 4. The second-order valence-electron chi connectivity index (χ2n) is 3.17. The highest BCUT2D eigenvalue weighted by Crippen LogP contribution is 1.98. The van der Waals surface area contributed by atoms with Crippen LogP contribution in [0.25, 0.3) is 0 Å². The average molecular weight is 199 g/mol. The third-order valence-corrected chi connectivity index (χ3v) is 2.04. The maximum absolute atomic E-state index is 5.06. The first-order valence-corrected chi connectivity index (χ1v) is 4.65. The lowest BCUT2D eigenvalue weighted by Crippen LogP contribution is -2.30. The Morgan fingerprint density at radius 2 is 2.36 bits per heavy atom. The van der Waals surface area contributed by atoms with Crippen LogP contribution in [0, 0.1) is 0 Å². The summed E-state index contributed by atoms with van der Waals surface area (Å²) in [5, 5.41) is 15.0. The van der Waals surface area contributed by atoms with Crippen LogP contribution in [0.4, 0.5) is 0 Å². The molecule has 1 rings (SSSR count). The summed E-state index contributed by atoms with van der Waals surface area (Å²) in [6.07, 6.45) is 1.78. The van der Waals surface area contributed by atoms with E-state index in [1.165, 1.54) is 4.80 Å². The number of likely N-dealkylation sites (N-methyl/N-ethyl adjacent to an activating group) is 1. The molecule has 0 bridgehead atoms. The summed E-state index contributed by atoms with van der Waals surface area (Å²) < 4.78 is 5.06. The molecule has 0 aromatic carbocycles. The van der Waals surface area contributed by atoms with E-state index in [-0.39, 0.29) is 0 Å². The summed E-state index contributed by atoms with van der Waals surface area (Å²) >= 11 is 0. The molecule has 0 saturated carbocycles. The quantitative estimate of drug-likeness (QED) is 0.661. The summed E-state index contributed by atoms with van der Waals surface area (Å²) in [5.41, 5.74) is 0. The number of hydrogen-bond acceptors (Lipinski definition) is 5. The molecule has 80 valence electrons. The minimum Gasteiger partial charge on any atom is -0.383 e. The van der Waals surface area contributed by atoms with Crippen molar-refractivity contribution in [3.63, 3.8) is 0 Å². The SMILES string of the molecule is CNC(CCc1nnn(C)n1)COC. The van der Waals surface area contributed by atoms with Gasteiger partial charge in [0.05, 0.1) is 13.7 Å². The molecule has 0 amide bonds. The molecule has 6 heteroatoms. The van der Waals surface area contributed by atoms with E-state index in [2.05, 4.69) is 20.7 Å². The molecule has 1 aromatic heterocycles. The summed E-state index contributed by atoms with van der Waals surface area (Å²) in [6, 6.07) is 0.351. The number of aryl methyl sites for hydroxylation is 2. The van der Waals surface area contributed by atoms with Crippen molar-refractivity contribution in [3.05, 3.63) is 5.82 Å². The molecular formula is C8H17N5O. The van der Waals surface area contributed by atoms with Crippen LogP contribution >= 0.6 is 0 Å². The van der Waals surface area contributed by atoms with E-state index in [4.69, 9.17) is 4.74 Å². The highest BCUT2D eigenvalue weighted by Gasteiger charge is 2.07. The lowest BCUT2D eigenvalue weighted by molar-refractivity contribution is 0.166. The van der Waals surface area contributed by atoms with Gasteiger partial charge in [0.15, 0.2) is 5.82 Å². The fraction of sp³-hybridized carbons (Fsp3) is 0.875. The zero-order valence-corrected chi connectivity index (χ0v) is 8.90. The van der Waals surface area contributed by atoms with Gasteiger partial charge in [-0.2, -0.15) is 4.80 Å². The van der Waals surface area contributed by atoms with Gasteiger partial charge in [-0.05, 0) is 18.7 Å².